The molecule has 6 nitrogen and oxygen atoms in total. The first-order valence-electron chi connectivity index (χ1n) is 10.3. The van der Waals surface area contributed by atoms with E-state index in [0.29, 0.717) is 30.5 Å². The van der Waals surface area contributed by atoms with Gasteiger partial charge >= 0.3 is 12.0 Å². The Morgan fingerprint density at radius 3 is 2.79 bits per heavy atom. The molecule has 3 rings (SSSR count). The fourth-order valence-electron chi connectivity index (χ4n) is 4.25. The number of hydrogen-bond acceptors (Lipinski definition) is 3. The minimum Gasteiger partial charge on any atom is -0.463 e. The summed E-state index contributed by atoms with van der Waals surface area (Å²) in [6, 6.07) is 5.85. The summed E-state index contributed by atoms with van der Waals surface area (Å²) in [5.41, 5.74) is 4.29. The van der Waals surface area contributed by atoms with E-state index in [1.807, 2.05) is 32.0 Å². The van der Waals surface area contributed by atoms with E-state index in [0.717, 1.165) is 23.2 Å². The van der Waals surface area contributed by atoms with E-state index in [-0.39, 0.29) is 12.0 Å². The Labute approximate surface area is 167 Å². The second-order valence-electron chi connectivity index (χ2n) is 7.99. The van der Waals surface area contributed by atoms with Crippen LogP contribution in [-0.2, 0) is 9.53 Å². The number of carbonyl (C=O) groups excluding carboxylic acids is 2. The zero-order valence-electron chi connectivity index (χ0n) is 17.4. The van der Waals surface area contributed by atoms with Gasteiger partial charge in [-0.15, -0.1) is 0 Å². The van der Waals surface area contributed by atoms with Gasteiger partial charge in [-0.3, -0.25) is 0 Å². The molecule has 152 valence electrons. The van der Waals surface area contributed by atoms with Crippen LogP contribution in [0.3, 0.4) is 0 Å². The van der Waals surface area contributed by atoms with Gasteiger partial charge in [0.25, 0.3) is 0 Å². The lowest BCUT2D eigenvalue weighted by Gasteiger charge is -2.34. The van der Waals surface area contributed by atoms with Crippen molar-refractivity contribution in [1.82, 2.24) is 10.6 Å². The smallest absolute Gasteiger partial charge is 0.338 e. The molecule has 1 fully saturated rings. The highest BCUT2D eigenvalue weighted by Gasteiger charge is 2.36. The van der Waals surface area contributed by atoms with Crippen molar-refractivity contribution >= 4 is 12.0 Å². The van der Waals surface area contributed by atoms with E-state index >= 15 is 0 Å². The maximum atomic E-state index is 12.9. The molecule has 1 unspecified atom stereocenters. The molecule has 3 atom stereocenters. The number of esters is 1. The van der Waals surface area contributed by atoms with E-state index in [2.05, 4.69) is 17.6 Å². The van der Waals surface area contributed by atoms with E-state index in [1.54, 1.807) is 6.92 Å². The first-order chi connectivity index (χ1) is 13.4. The summed E-state index contributed by atoms with van der Waals surface area (Å²) in [5.74, 6) is -0.361. The van der Waals surface area contributed by atoms with Crippen LogP contribution in [0, 0.1) is 13.8 Å². The molecule has 0 bridgehead atoms. The summed E-state index contributed by atoms with van der Waals surface area (Å²) in [4.78, 5) is 26.8. The molecule has 0 spiro atoms. The quantitative estimate of drug-likeness (QED) is 0.677. The third-order valence-electron chi connectivity index (χ3n) is 5.88. The van der Waals surface area contributed by atoms with Crippen LogP contribution in [0.25, 0.3) is 0 Å². The van der Waals surface area contributed by atoms with E-state index in [4.69, 9.17) is 4.74 Å². The molecule has 2 amide bonds. The van der Waals surface area contributed by atoms with Gasteiger partial charge < -0.3 is 20.3 Å². The fourth-order valence-corrected chi connectivity index (χ4v) is 4.25. The first kappa shape index (κ1) is 20.4. The number of hydrogen-bond donors (Lipinski definition) is 3. The van der Waals surface area contributed by atoms with Gasteiger partial charge in [0, 0.05) is 0 Å². The van der Waals surface area contributed by atoms with Crippen LogP contribution in [0.2, 0.25) is 0 Å². The van der Waals surface area contributed by atoms with Crippen molar-refractivity contribution in [1.29, 1.82) is 0 Å². The highest BCUT2D eigenvalue weighted by molar-refractivity contribution is 5.95. The van der Waals surface area contributed by atoms with Crippen LogP contribution in [0.5, 0.6) is 0 Å². The van der Waals surface area contributed by atoms with Gasteiger partial charge in [-0.25, -0.2) is 9.59 Å². The third kappa shape index (κ3) is 4.38. The number of urea groups is 1. The Balaban J connectivity index is 2.05. The van der Waals surface area contributed by atoms with Crippen LogP contribution < -0.4 is 15.5 Å². The summed E-state index contributed by atoms with van der Waals surface area (Å²) in [6.45, 7) is 10.0. The lowest BCUT2D eigenvalue weighted by Crippen LogP contribution is -3.16. The average Bonchev–Trinajstić information content (AvgIpc) is 2.65. The number of piperidine rings is 1. The number of rotatable bonds is 5. The van der Waals surface area contributed by atoms with Crippen LogP contribution in [-0.4, -0.2) is 37.7 Å². The van der Waals surface area contributed by atoms with Crippen molar-refractivity contribution in [3.63, 3.8) is 0 Å². The van der Waals surface area contributed by atoms with Crippen LogP contribution in [0.15, 0.2) is 29.5 Å². The molecule has 0 radical (unpaired) electrons. The number of ether oxygens (including phenoxy) is 1. The van der Waals surface area contributed by atoms with Crippen LogP contribution in [0.4, 0.5) is 4.79 Å². The third-order valence-corrected chi connectivity index (χ3v) is 5.88. The Kier molecular flexibility index (Phi) is 6.39. The largest absolute Gasteiger partial charge is 0.463 e. The highest BCUT2D eigenvalue weighted by atomic mass is 16.5. The molecule has 2 heterocycles. The van der Waals surface area contributed by atoms with Gasteiger partial charge in [0.05, 0.1) is 36.5 Å². The zero-order chi connectivity index (χ0) is 20.3. The molecule has 1 aromatic rings. The number of likely N-dealkylation sites (tertiary alicyclic amines) is 1. The molecule has 0 aliphatic carbocycles. The number of carbonyl (C=O) groups is 2. The molecule has 0 aromatic heterocycles. The first-order valence-corrected chi connectivity index (χ1v) is 10.3. The molecular weight excluding hydrogens is 354 g/mol. The standard InChI is InChI=1S/C22H31N3O3/c1-5-28-21(26)19-18(13-25-11-7-6-8-16(25)4)23-22(27)24-20(19)17-12-14(2)9-10-15(17)3/h9-10,12,16,20H,5-8,11,13H2,1-4H3,(H2,23,24,27)/p+1/t16-,20-/m0/s1. The number of benzene rings is 1. The number of quaternary nitrogens is 1. The number of nitrogens with one attached hydrogen (secondary N) is 3. The molecule has 3 N–H and O–H groups in total. The minimum absolute atomic E-state index is 0.266. The maximum Gasteiger partial charge on any atom is 0.338 e. The van der Waals surface area contributed by atoms with Gasteiger partial charge in [0.2, 0.25) is 0 Å². The summed E-state index contributed by atoms with van der Waals surface area (Å²) in [7, 11) is 0. The summed E-state index contributed by atoms with van der Waals surface area (Å²) in [5, 5.41) is 5.87. The van der Waals surface area contributed by atoms with E-state index in [9.17, 15) is 9.59 Å². The predicted molar refractivity (Wildman–Crippen MR) is 108 cm³/mol. The van der Waals surface area contributed by atoms with Crippen molar-refractivity contribution in [3.8, 4) is 0 Å². The summed E-state index contributed by atoms with van der Waals surface area (Å²) < 4.78 is 5.39. The molecular formula is C22H32N3O3+. The number of aryl methyl sites for hydroxylation is 2. The molecule has 2 aliphatic rings. The Morgan fingerprint density at radius 1 is 1.29 bits per heavy atom. The van der Waals surface area contributed by atoms with Crippen LogP contribution in [0.1, 0.15) is 55.8 Å². The minimum atomic E-state index is -0.498. The molecule has 2 aliphatic heterocycles. The van der Waals surface area contributed by atoms with E-state index < -0.39 is 6.04 Å². The van der Waals surface area contributed by atoms with Gasteiger partial charge in [-0.2, -0.15) is 0 Å². The average molecular weight is 387 g/mol. The Hall–Kier alpha value is -2.34. The summed E-state index contributed by atoms with van der Waals surface area (Å²) in [6.07, 6.45) is 3.59. The fraction of sp³-hybridized carbons (Fsp3) is 0.545. The van der Waals surface area contributed by atoms with E-state index in [1.165, 1.54) is 24.2 Å². The number of amides is 2. The van der Waals surface area contributed by atoms with Crippen molar-refractivity contribution in [2.45, 2.75) is 59.0 Å². The van der Waals surface area contributed by atoms with Crippen molar-refractivity contribution < 1.29 is 19.2 Å². The zero-order valence-corrected chi connectivity index (χ0v) is 17.4. The van der Waals surface area contributed by atoms with Crippen molar-refractivity contribution in [2.75, 3.05) is 19.7 Å². The maximum absolute atomic E-state index is 12.9. The Bertz CT molecular complexity index is 787. The normalized spacial score (nSPS) is 25.1. The SMILES string of the molecule is CCOC(=O)C1=C(C[NH+]2CCCC[C@@H]2C)NC(=O)N[C@H]1c1cc(C)ccc1C. The predicted octanol–water partition coefficient (Wildman–Crippen LogP) is 1.93. The molecule has 0 saturated carbocycles. The monoisotopic (exact) mass is 386 g/mol. The van der Waals surface area contributed by atoms with Gasteiger partial charge in [-0.05, 0) is 58.1 Å². The lowest BCUT2D eigenvalue weighted by atomic mass is 9.90. The van der Waals surface area contributed by atoms with Crippen LogP contribution >= 0.6 is 0 Å². The lowest BCUT2D eigenvalue weighted by molar-refractivity contribution is -0.924. The topological polar surface area (TPSA) is 71.9 Å². The van der Waals surface area contributed by atoms with Gasteiger partial charge in [0.15, 0.2) is 0 Å². The van der Waals surface area contributed by atoms with Gasteiger partial charge in [-0.1, -0.05) is 23.8 Å². The second kappa shape index (κ2) is 8.78. The van der Waals surface area contributed by atoms with Gasteiger partial charge in [0.1, 0.15) is 6.54 Å². The Morgan fingerprint density at radius 2 is 2.07 bits per heavy atom. The highest BCUT2D eigenvalue weighted by Crippen LogP contribution is 2.30. The molecule has 28 heavy (non-hydrogen) atoms. The summed E-state index contributed by atoms with van der Waals surface area (Å²) >= 11 is 0. The second-order valence-corrected chi connectivity index (χ2v) is 7.99. The molecule has 1 saturated heterocycles. The molecule has 6 heteroatoms. The van der Waals surface area contributed by atoms with Crippen molar-refractivity contribution in [3.05, 3.63) is 46.2 Å². The van der Waals surface area contributed by atoms with Crippen molar-refractivity contribution in [2.24, 2.45) is 0 Å². The molecule has 1 aromatic carbocycles.